The second-order valence-corrected chi connectivity index (χ2v) is 5.14. The maximum atomic E-state index is 14.1. The van der Waals surface area contributed by atoms with Crippen LogP contribution in [0.3, 0.4) is 0 Å². The number of aliphatic imine (C=N–C) groups is 1. The van der Waals surface area contributed by atoms with Crippen molar-refractivity contribution < 1.29 is 8.78 Å². The van der Waals surface area contributed by atoms with Crippen molar-refractivity contribution in [2.45, 2.75) is 12.8 Å². The predicted molar refractivity (Wildman–Crippen MR) is 81.5 cm³/mol. The molecule has 0 atom stereocenters. The van der Waals surface area contributed by atoms with Gasteiger partial charge in [0.15, 0.2) is 0 Å². The molecule has 0 aromatic heterocycles. The Balaban J connectivity index is 1.77. The van der Waals surface area contributed by atoms with Gasteiger partial charge in [0, 0.05) is 19.3 Å². The van der Waals surface area contributed by atoms with Gasteiger partial charge in [-0.15, -0.1) is 0 Å². The Morgan fingerprint density at radius 1 is 0.952 bits per heavy atom. The molecule has 2 aromatic carbocycles. The quantitative estimate of drug-likeness (QED) is 0.767. The number of benzene rings is 2. The van der Waals surface area contributed by atoms with E-state index in [0.29, 0.717) is 16.9 Å². The molecule has 3 rings (SSSR count). The molecule has 0 aliphatic carbocycles. The van der Waals surface area contributed by atoms with E-state index in [1.807, 2.05) is 6.07 Å². The standard InChI is InChI=1S/C17H16F2N2/c18-14-4-6-15(7-5-14)20-12-13-3-8-17(16(19)11-13)21-9-1-2-10-21/h3-8,11-12H,1-2,9-10H2. The Kier molecular flexibility index (Phi) is 3.95. The minimum Gasteiger partial charge on any atom is -0.369 e. The fourth-order valence-corrected chi connectivity index (χ4v) is 2.49. The molecule has 1 fully saturated rings. The highest BCUT2D eigenvalue weighted by Crippen LogP contribution is 2.24. The van der Waals surface area contributed by atoms with Crippen molar-refractivity contribution in [1.82, 2.24) is 0 Å². The molecule has 0 bridgehead atoms. The lowest BCUT2D eigenvalue weighted by Gasteiger charge is -2.18. The second kappa shape index (κ2) is 6.04. The van der Waals surface area contributed by atoms with Crippen molar-refractivity contribution in [3.05, 3.63) is 59.7 Å². The molecule has 0 saturated carbocycles. The smallest absolute Gasteiger partial charge is 0.147 e. The molecule has 0 N–H and O–H groups in total. The summed E-state index contributed by atoms with van der Waals surface area (Å²) >= 11 is 0. The summed E-state index contributed by atoms with van der Waals surface area (Å²) in [4.78, 5) is 6.28. The van der Waals surface area contributed by atoms with Gasteiger partial charge >= 0.3 is 0 Å². The van der Waals surface area contributed by atoms with E-state index in [2.05, 4.69) is 9.89 Å². The zero-order valence-corrected chi connectivity index (χ0v) is 11.6. The molecule has 1 aliphatic heterocycles. The molecular weight excluding hydrogens is 270 g/mol. The number of anilines is 1. The average Bonchev–Trinajstić information content (AvgIpc) is 3.01. The van der Waals surface area contributed by atoms with Crippen LogP contribution in [0.5, 0.6) is 0 Å². The Labute approximate surface area is 122 Å². The maximum Gasteiger partial charge on any atom is 0.147 e. The Morgan fingerprint density at radius 2 is 1.67 bits per heavy atom. The number of halogens is 2. The molecular formula is C17H16F2N2. The molecule has 0 radical (unpaired) electrons. The van der Waals surface area contributed by atoms with E-state index in [1.165, 1.54) is 18.2 Å². The van der Waals surface area contributed by atoms with Crippen LogP contribution in [0, 0.1) is 11.6 Å². The minimum atomic E-state index is -0.296. The summed E-state index contributed by atoms with van der Waals surface area (Å²) in [6.07, 6.45) is 3.82. The summed E-state index contributed by atoms with van der Waals surface area (Å²) in [5, 5.41) is 0. The Morgan fingerprint density at radius 3 is 2.33 bits per heavy atom. The summed E-state index contributed by atoms with van der Waals surface area (Å²) < 4.78 is 26.9. The van der Waals surface area contributed by atoms with Crippen LogP contribution in [-0.4, -0.2) is 19.3 Å². The van der Waals surface area contributed by atoms with Crippen molar-refractivity contribution in [3.63, 3.8) is 0 Å². The van der Waals surface area contributed by atoms with Crippen LogP contribution in [0.4, 0.5) is 20.2 Å². The molecule has 1 heterocycles. The Hall–Kier alpha value is -2.23. The van der Waals surface area contributed by atoms with Crippen molar-refractivity contribution in [1.29, 1.82) is 0 Å². The van der Waals surface area contributed by atoms with Gasteiger partial charge in [0.1, 0.15) is 11.6 Å². The molecule has 21 heavy (non-hydrogen) atoms. The summed E-state index contributed by atoms with van der Waals surface area (Å²) in [5.74, 6) is -0.519. The van der Waals surface area contributed by atoms with E-state index in [9.17, 15) is 8.78 Å². The van der Waals surface area contributed by atoms with Crippen LogP contribution in [-0.2, 0) is 0 Å². The van der Waals surface area contributed by atoms with Gasteiger partial charge in [-0.05, 0) is 54.8 Å². The third-order valence-corrected chi connectivity index (χ3v) is 3.61. The third-order valence-electron chi connectivity index (χ3n) is 3.61. The van der Waals surface area contributed by atoms with Crippen LogP contribution in [0.15, 0.2) is 47.5 Å². The van der Waals surface area contributed by atoms with Crippen molar-refractivity contribution in [3.8, 4) is 0 Å². The molecule has 0 unspecified atom stereocenters. The van der Waals surface area contributed by atoms with Crippen molar-refractivity contribution in [2.75, 3.05) is 18.0 Å². The predicted octanol–water partition coefficient (Wildman–Crippen LogP) is 4.32. The van der Waals surface area contributed by atoms with E-state index < -0.39 is 0 Å². The molecule has 1 aliphatic rings. The van der Waals surface area contributed by atoms with Crippen LogP contribution in [0.2, 0.25) is 0 Å². The lowest BCUT2D eigenvalue weighted by molar-refractivity contribution is 0.623. The number of hydrogen-bond donors (Lipinski definition) is 0. The van der Waals surface area contributed by atoms with Gasteiger partial charge in [-0.2, -0.15) is 0 Å². The highest BCUT2D eigenvalue weighted by molar-refractivity contribution is 5.82. The minimum absolute atomic E-state index is 0.222. The van der Waals surface area contributed by atoms with Crippen LogP contribution in [0.1, 0.15) is 18.4 Å². The average molecular weight is 286 g/mol. The number of rotatable bonds is 3. The van der Waals surface area contributed by atoms with Crippen LogP contribution in [0.25, 0.3) is 0 Å². The molecule has 4 heteroatoms. The third kappa shape index (κ3) is 3.27. The first-order valence-corrected chi connectivity index (χ1v) is 7.06. The molecule has 0 spiro atoms. The summed E-state index contributed by atoms with van der Waals surface area (Å²) in [6, 6.07) is 11.0. The zero-order valence-electron chi connectivity index (χ0n) is 11.6. The summed E-state index contributed by atoms with van der Waals surface area (Å²) in [7, 11) is 0. The van der Waals surface area contributed by atoms with Gasteiger partial charge in [-0.25, -0.2) is 8.78 Å². The number of nitrogens with zero attached hydrogens (tertiary/aromatic N) is 2. The molecule has 2 nitrogen and oxygen atoms in total. The Bertz CT molecular complexity index is 644. The summed E-state index contributed by atoms with van der Waals surface area (Å²) in [5.41, 5.74) is 1.99. The lowest BCUT2D eigenvalue weighted by Crippen LogP contribution is -2.18. The van der Waals surface area contributed by atoms with E-state index in [4.69, 9.17) is 0 Å². The van der Waals surface area contributed by atoms with Gasteiger partial charge in [0.25, 0.3) is 0 Å². The van der Waals surface area contributed by atoms with E-state index >= 15 is 0 Å². The van der Waals surface area contributed by atoms with Crippen LogP contribution < -0.4 is 4.90 Å². The monoisotopic (exact) mass is 286 g/mol. The van der Waals surface area contributed by atoms with Gasteiger partial charge in [-0.1, -0.05) is 6.07 Å². The highest BCUT2D eigenvalue weighted by atomic mass is 19.1. The first kappa shape index (κ1) is 13.7. The normalized spacial score (nSPS) is 15.0. The summed E-state index contributed by atoms with van der Waals surface area (Å²) in [6.45, 7) is 1.83. The van der Waals surface area contributed by atoms with E-state index in [1.54, 1.807) is 24.4 Å². The first-order valence-electron chi connectivity index (χ1n) is 7.06. The van der Waals surface area contributed by atoms with Crippen molar-refractivity contribution in [2.24, 2.45) is 4.99 Å². The molecule has 108 valence electrons. The first-order chi connectivity index (χ1) is 10.2. The van der Waals surface area contributed by atoms with Gasteiger partial charge < -0.3 is 4.90 Å². The molecule has 1 saturated heterocycles. The second-order valence-electron chi connectivity index (χ2n) is 5.14. The van der Waals surface area contributed by atoms with E-state index in [0.717, 1.165) is 25.9 Å². The molecule has 2 aromatic rings. The highest BCUT2D eigenvalue weighted by Gasteiger charge is 2.15. The lowest BCUT2D eigenvalue weighted by atomic mass is 10.2. The topological polar surface area (TPSA) is 15.6 Å². The number of hydrogen-bond acceptors (Lipinski definition) is 2. The van der Waals surface area contributed by atoms with Crippen LogP contribution >= 0.6 is 0 Å². The zero-order chi connectivity index (χ0) is 14.7. The van der Waals surface area contributed by atoms with E-state index in [-0.39, 0.29) is 11.6 Å². The van der Waals surface area contributed by atoms with Crippen molar-refractivity contribution >= 4 is 17.6 Å². The molecule has 0 amide bonds. The van der Waals surface area contributed by atoms with Gasteiger partial charge in [0.05, 0.1) is 11.4 Å². The fourth-order valence-electron chi connectivity index (χ4n) is 2.49. The van der Waals surface area contributed by atoms with Gasteiger partial charge in [-0.3, -0.25) is 4.99 Å². The van der Waals surface area contributed by atoms with Gasteiger partial charge in [0.2, 0.25) is 0 Å². The maximum absolute atomic E-state index is 14.1. The largest absolute Gasteiger partial charge is 0.369 e. The fraction of sp³-hybridized carbons (Fsp3) is 0.235. The SMILES string of the molecule is Fc1ccc(N=Cc2ccc(N3CCCC3)c(F)c2)cc1.